The fraction of sp³-hybridized carbons (Fsp3) is 0.611. The molecule has 7 nitrogen and oxygen atoms in total. The number of carbonyl (C=O) groups is 1. The molecule has 2 aliphatic rings. The van der Waals surface area contributed by atoms with Gasteiger partial charge < -0.3 is 14.9 Å². The van der Waals surface area contributed by atoms with Crippen LogP contribution in [0, 0.1) is 0 Å². The molecule has 2 amide bonds. The summed E-state index contributed by atoms with van der Waals surface area (Å²) in [7, 11) is -0.570. The van der Waals surface area contributed by atoms with E-state index in [9.17, 15) is 13.2 Å². The Labute approximate surface area is 204 Å². The summed E-state index contributed by atoms with van der Waals surface area (Å²) in [5.41, 5.74) is 5.70. The van der Waals surface area contributed by atoms with Gasteiger partial charge in [0.2, 0.25) is 0 Å². The summed E-state index contributed by atoms with van der Waals surface area (Å²) in [5.74, 6) is -0.181. The maximum absolute atomic E-state index is 12.3. The molecule has 0 fully saturated rings. The SMILES string of the molecule is CON(C)CCCS(=O)(=O)[N-]C(=O)Nc1c2c(cc3c1CCC3)CCC2.[K+]. The minimum atomic E-state index is -3.80. The van der Waals surface area contributed by atoms with Crippen LogP contribution in [-0.2, 0) is 40.5 Å². The van der Waals surface area contributed by atoms with Crippen LogP contribution in [0.5, 0.6) is 0 Å². The second-order valence-electron chi connectivity index (χ2n) is 6.93. The van der Waals surface area contributed by atoms with Gasteiger partial charge in [-0.05, 0) is 72.9 Å². The summed E-state index contributed by atoms with van der Waals surface area (Å²) in [4.78, 5) is 17.2. The van der Waals surface area contributed by atoms with Gasteiger partial charge in [0.1, 0.15) is 0 Å². The molecule has 1 N–H and O–H groups in total. The Morgan fingerprint density at radius 2 is 1.78 bits per heavy atom. The summed E-state index contributed by atoms with van der Waals surface area (Å²) in [6.45, 7) is 0.451. The average molecular weight is 420 g/mol. The molecule has 2 aliphatic carbocycles. The van der Waals surface area contributed by atoms with Gasteiger partial charge in [0.15, 0.2) is 16.1 Å². The molecule has 27 heavy (non-hydrogen) atoms. The molecule has 1 aromatic rings. The fourth-order valence-electron chi connectivity index (χ4n) is 3.83. The average Bonchev–Trinajstić information content (AvgIpc) is 3.22. The maximum atomic E-state index is 12.3. The number of aryl methyl sites for hydroxylation is 2. The molecule has 0 bridgehead atoms. The van der Waals surface area contributed by atoms with E-state index in [1.165, 1.54) is 23.3 Å². The molecular weight excluding hydrogens is 393 g/mol. The van der Waals surface area contributed by atoms with Crippen LogP contribution in [0.1, 0.15) is 41.5 Å². The molecule has 9 heteroatoms. The first-order valence-electron chi connectivity index (χ1n) is 9.08. The Hall–Kier alpha value is -0.00364. The normalized spacial score (nSPS) is 15.2. The maximum Gasteiger partial charge on any atom is 1.00 e. The summed E-state index contributed by atoms with van der Waals surface area (Å²) in [6.07, 6.45) is 6.39. The van der Waals surface area contributed by atoms with E-state index in [1.54, 1.807) is 7.05 Å². The third-order valence-corrected chi connectivity index (χ3v) is 6.36. The van der Waals surface area contributed by atoms with Gasteiger partial charge in [-0.2, -0.15) is 5.06 Å². The minimum Gasteiger partial charge on any atom is -0.423 e. The number of sulfonamides is 1. The number of hydroxylamine groups is 2. The molecule has 1 aromatic carbocycles. The molecule has 0 heterocycles. The van der Waals surface area contributed by atoms with Gasteiger partial charge in [0.25, 0.3) is 0 Å². The van der Waals surface area contributed by atoms with Gasteiger partial charge >= 0.3 is 51.4 Å². The monoisotopic (exact) mass is 419 g/mol. The standard InChI is InChI=1S/C18H27N3O4S.K/c1-21(25-2)10-5-11-26(23,24)20-18(22)19-17-15-8-3-6-13(15)12-14-7-4-9-16(14)17;/h12H,3-11H2,1-2H3,(H2,19,20,22);/q;+1/p-1. The van der Waals surface area contributed by atoms with Crippen molar-refractivity contribution in [2.24, 2.45) is 0 Å². The number of hydrogen-bond acceptors (Lipinski definition) is 5. The van der Waals surface area contributed by atoms with E-state index in [0.29, 0.717) is 13.0 Å². The second kappa shape index (κ2) is 10.2. The first-order valence-corrected chi connectivity index (χ1v) is 10.7. The van der Waals surface area contributed by atoms with Crippen molar-refractivity contribution in [3.8, 4) is 0 Å². The summed E-state index contributed by atoms with van der Waals surface area (Å²) in [5, 5.41) is 4.32. The number of carbonyl (C=O) groups excluding carboxylic acids is 1. The van der Waals surface area contributed by atoms with Crippen LogP contribution >= 0.6 is 0 Å². The molecule has 0 saturated carbocycles. The number of rotatable bonds is 7. The van der Waals surface area contributed by atoms with Crippen molar-refractivity contribution in [1.82, 2.24) is 5.06 Å². The van der Waals surface area contributed by atoms with Gasteiger partial charge in [0, 0.05) is 13.6 Å². The summed E-state index contributed by atoms with van der Waals surface area (Å²) < 4.78 is 27.6. The largest absolute Gasteiger partial charge is 1.00 e. The summed E-state index contributed by atoms with van der Waals surface area (Å²) in [6, 6.07) is 1.47. The molecule has 0 radical (unpaired) electrons. The molecular formula is C18H26KN3O4S. The van der Waals surface area contributed by atoms with Crippen molar-refractivity contribution in [3.05, 3.63) is 33.0 Å². The third kappa shape index (κ3) is 5.99. The molecule has 3 rings (SSSR count). The number of urea groups is 1. The smallest absolute Gasteiger partial charge is 0.423 e. The van der Waals surface area contributed by atoms with Crippen molar-refractivity contribution < 1.29 is 69.4 Å². The Bertz CT molecular complexity index is 766. The zero-order valence-electron chi connectivity index (χ0n) is 16.4. The Balaban J connectivity index is 0.00000261. The van der Waals surface area contributed by atoms with E-state index in [1.807, 2.05) is 0 Å². The number of fused-ring (bicyclic) bond motifs is 2. The van der Waals surface area contributed by atoms with Crippen LogP contribution in [0.15, 0.2) is 6.07 Å². The Morgan fingerprint density at radius 1 is 1.19 bits per heavy atom. The molecule has 0 unspecified atom stereocenters. The number of benzene rings is 1. The minimum absolute atomic E-state index is 0. The molecule has 144 valence electrons. The number of hydrogen-bond donors (Lipinski definition) is 1. The van der Waals surface area contributed by atoms with E-state index in [2.05, 4.69) is 16.1 Å². The van der Waals surface area contributed by atoms with Crippen molar-refractivity contribution in [3.63, 3.8) is 0 Å². The quantitative estimate of drug-likeness (QED) is 0.488. The van der Waals surface area contributed by atoms with E-state index >= 15 is 0 Å². The molecule has 0 saturated heterocycles. The van der Waals surface area contributed by atoms with Crippen molar-refractivity contribution in [1.29, 1.82) is 0 Å². The predicted molar refractivity (Wildman–Crippen MR) is 101 cm³/mol. The van der Waals surface area contributed by atoms with E-state index < -0.39 is 16.1 Å². The van der Waals surface area contributed by atoms with Gasteiger partial charge in [-0.15, -0.1) is 0 Å². The van der Waals surface area contributed by atoms with Gasteiger partial charge in [0.05, 0.1) is 12.9 Å². The van der Waals surface area contributed by atoms with Gasteiger partial charge in [-0.3, -0.25) is 4.79 Å². The van der Waals surface area contributed by atoms with Crippen LogP contribution in [0.4, 0.5) is 10.5 Å². The first kappa shape index (κ1) is 23.3. The third-order valence-electron chi connectivity index (χ3n) is 5.11. The predicted octanol–water partition coefficient (Wildman–Crippen LogP) is -0.213. The Morgan fingerprint density at radius 3 is 2.33 bits per heavy atom. The topological polar surface area (TPSA) is 89.8 Å². The van der Waals surface area contributed by atoms with Crippen LogP contribution in [0.2, 0.25) is 0 Å². The molecule has 0 aliphatic heterocycles. The number of amides is 2. The van der Waals surface area contributed by atoms with Crippen LogP contribution < -0.4 is 56.7 Å². The zero-order chi connectivity index (χ0) is 18.7. The summed E-state index contributed by atoms with van der Waals surface area (Å²) >= 11 is 0. The van der Waals surface area contributed by atoms with E-state index in [4.69, 9.17) is 4.84 Å². The van der Waals surface area contributed by atoms with Crippen molar-refractivity contribution >= 4 is 21.7 Å². The molecule has 0 aromatic heterocycles. The van der Waals surface area contributed by atoms with Gasteiger partial charge in [-0.25, -0.2) is 8.42 Å². The second-order valence-corrected chi connectivity index (χ2v) is 8.68. The van der Waals surface area contributed by atoms with Crippen LogP contribution in [-0.4, -0.2) is 46.0 Å². The zero-order valence-corrected chi connectivity index (χ0v) is 20.3. The van der Waals surface area contributed by atoms with Crippen molar-refractivity contribution in [2.75, 3.05) is 31.8 Å². The van der Waals surface area contributed by atoms with Gasteiger partial charge in [-0.1, -0.05) is 6.07 Å². The number of nitrogens with one attached hydrogen (secondary N) is 1. The Kier molecular flexibility index (Phi) is 8.75. The van der Waals surface area contributed by atoms with Crippen molar-refractivity contribution in [2.45, 2.75) is 44.9 Å². The van der Waals surface area contributed by atoms with Crippen LogP contribution in [0.25, 0.3) is 4.72 Å². The van der Waals surface area contributed by atoms with Crippen LogP contribution in [0.3, 0.4) is 0 Å². The number of nitrogens with zero attached hydrogens (tertiary/aromatic N) is 2. The first-order chi connectivity index (χ1) is 12.4. The van der Waals surface area contributed by atoms with E-state index in [-0.39, 0.29) is 57.1 Å². The number of anilines is 1. The fourth-order valence-corrected chi connectivity index (χ4v) is 4.71. The molecule has 0 atom stereocenters. The van der Waals surface area contributed by atoms with E-state index in [0.717, 1.165) is 55.3 Å². The molecule has 0 spiro atoms.